The topological polar surface area (TPSA) is 74.7 Å². The van der Waals surface area contributed by atoms with Crippen molar-refractivity contribution in [2.24, 2.45) is 5.92 Å². The van der Waals surface area contributed by atoms with Crippen molar-refractivity contribution in [1.29, 1.82) is 0 Å². The van der Waals surface area contributed by atoms with Crippen molar-refractivity contribution < 1.29 is 18.3 Å². The second-order valence-electron chi connectivity index (χ2n) is 5.65. The van der Waals surface area contributed by atoms with Crippen molar-refractivity contribution in [1.82, 2.24) is 4.31 Å². The fraction of sp³-hybridized carbons (Fsp3) is 0.500. The first-order chi connectivity index (χ1) is 9.73. The molecule has 0 unspecified atom stereocenters. The summed E-state index contributed by atoms with van der Waals surface area (Å²) in [5.41, 5.74) is 0.0250. The molecule has 1 fully saturated rings. The average Bonchev–Trinajstić information content (AvgIpc) is 3.19. The van der Waals surface area contributed by atoms with Gasteiger partial charge in [-0.25, -0.2) is 13.2 Å². The minimum absolute atomic E-state index is 0.0250. The Morgan fingerprint density at radius 1 is 1.43 bits per heavy atom. The molecule has 1 aliphatic carbocycles. The molecule has 1 N–H and O–H groups in total. The molecule has 7 heteroatoms. The Bertz CT molecular complexity index is 653. The minimum Gasteiger partial charge on any atom is -0.478 e. The van der Waals surface area contributed by atoms with E-state index in [-0.39, 0.29) is 22.4 Å². The van der Waals surface area contributed by atoms with Crippen molar-refractivity contribution in [2.75, 3.05) is 6.54 Å². The summed E-state index contributed by atoms with van der Waals surface area (Å²) in [7, 11) is -3.64. The number of hydrogen-bond acceptors (Lipinski definition) is 3. The minimum atomic E-state index is -3.64. The summed E-state index contributed by atoms with van der Waals surface area (Å²) < 4.78 is 27.6. The van der Waals surface area contributed by atoms with Crippen LogP contribution in [0.2, 0.25) is 0 Å². The standard InChI is InChI=1S/C14H18INO4S/c1-9(2)8-16(10-3-4-10)21(19,20)11-5-6-13(15)12(7-11)14(17)18/h5-7,9-10H,3-4,8H2,1-2H3,(H,17,18). The number of carboxylic acids is 1. The van der Waals surface area contributed by atoms with Gasteiger partial charge in [0.15, 0.2) is 0 Å². The van der Waals surface area contributed by atoms with Crippen LogP contribution in [-0.4, -0.2) is 36.4 Å². The lowest BCUT2D eigenvalue weighted by Gasteiger charge is -2.24. The van der Waals surface area contributed by atoms with Gasteiger partial charge in [-0.3, -0.25) is 0 Å². The fourth-order valence-electron chi connectivity index (χ4n) is 2.13. The zero-order chi connectivity index (χ0) is 15.8. The molecule has 0 saturated heterocycles. The molecule has 0 aliphatic heterocycles. The molecule has 0 aromatic heterocycles. The lowest BCUT2D eigenvalue weighted by atomic mass is 10.2. The molecule has 21 heavy (non-hydrogen) atoms. The summed E-state index contributed by atoms with van der Waals surface area (Å²) in [6.45, 7) is 4.41. The number of aromatic carboxylic acids is 1. The van der Waals surface area contributed by atoms with E-state index in [0.29, 0.717) is 10.1 Å². The van der Waals surface area contributed by atoms with Crippen molar-refractivity contribution in [3.8, 4) is 0 Å². The van der Waals surface area contributed by atoms with E-state index in [4.69, 9.17) is 5.11 Å². The maximum Gasteiger partial charge on any atom is 0.336 e. The molecule has 0 spiro atoms. The lowest BCUT2D eigenvalue weighted by Crippen LogP contribution is -2.36. The van der Waals surface area contributed by atoms with Gasteiger partial charge >= 0.3 is 5.97 Å². The Morgan fingerprint density at radius 2 is 2.05 bits per heavy atom. The van der Waals surface area contributed by atoms with Gasteiger partial charge in [-0.2, -0.15) is 4.31 Å². The molecular formula is C14H18INO4S. The van der Waals surface area contributed by atoms with Gasteiger partial charge in [0.2, 0.25) is 10.0 Å². The highest BCUT2D eigenvalue weighted by atomic mass is 127. The predicted molar refractivity (Wildman–Crippen MR) is 87.9 cm³/mol. The van der Waals surface area contributed by atoms with Gasteiger partial charge < -0.3 is 5.11 Å². The number of rotatable bonds is 6. The van der Waals surface area contributed by atoms with Crippen molar-refractivity contribution in [2.45, 2.75) is 37.6 Å². The number of carbonyl (C=O) groups is 1. The molecule has 1 aromatic carbocycles. The molecule has 2 rings (SSSR count). The average molecular weight is 423 g/mol. The zero-order valence-corrected chi connectivity index (χ0v) is 14.9. The van der Waals surface area contributed by atoms with E-state index >= 15 is 0 Å². The molecular weight excluding hydrogens is 405 g/mol. The van der Waals surface area contributed by atoms with E-state index in [2.05, 4.69) is 0 Å². The van der Waals surface area contributed by atoms with Crippen LogP contribution in [0.25, 0.3) is 0 Å². The summed E-state index contributed by atoms with van der Waals surface area (Å²) in [6, 6.07) is 4.34. The number of carboxylic acid groups (broad SMARTS) is 1. The highest BCUT2D eigenvalue weighted by molar-refractivity contribution is 14.1. The molecule has 1 aliphatic rings. The van der Waals surface area contributed by atoms with E-state index in [9.17, 15) is 13.2 Å². The summed E-state index contributed by atoms with van der Waals surface area (Å²) >= 11 is 1.89. The highest BCUT2D eigenvalue weighted by Gasteiger charge is 2.38. The molecule has 0 heterocycles. The second-order valence-corrected chi connectivity index (χ2v) is 8.70. The van der Waals surface area contributed by atoms with Crippen LogP contribution in [0.5, 0.6) is 0 Å². The third kappa shape index (κ3) is 3.75. The third-order valence-electron chi connectivity index (χ3n) is 3.27. The van der Waals surface area contributed by atoms with Crippen LogP contribution in [0.1, 0.15) is 37.0 Å². The molecule has 1 saturated carbocycles. The molecule has 116 valence electrons. The third-order valence-corrected chi connectivity index (χ3v) is 6.13. The zero-order valence-electron chi connectivity index (χ0n) is 11.9. The van der Waals surface area contributed by atoms with Crippen LogP contribution in [-0.2, 0) is 10.0 Å². The van der Waals surface area contributed by atoms with Gasteiger partial charge in [0.1, 0.15) is 0 Å². The number of nitrogens with zero attached hydrogens (tertiary/aromatic N) is 1. The number of benzene rings is 1. The van der Waals surface area contributed by atoms with Gasteiger partial charge in [-0.05, 0) is 59.5 Å². The smallest absolute Gasteiger partial charge is 0.336 e. The van der Waals surface area contributed by atoms with E-state index in [0.717, 1.165) is 12.8 Å². The van der Waals surface area contributed by atoms with Crippen LogP contribution in [0, 0.1) is 9.49 Å². The summed E-state index contributed by atoms with van der Waals surface area (Å²) in [5.74, 6) is -0.888. The Labute approximate surface area is 138 Å². The molecule has 0 radical (unpaired) electrons. The van der Waals surface area contributed by atoms with Crippen LogP contribution in [0.3, 0.4) is 0 Å². The van der Waals surface area contributed by atoms with Gasteiger partial charge in [0, 0.05) is 16.2 Å². The van der Waals surface area contributed by atoms with Gasteiger partial charge in [-0.15, -0.1) is 0 Å². The first kappa shape index (κ1) is 16.7. The van der Waals surface area contributed by atoms with Crippen molar-refractivity contribution in [3.63, 3.8) is 0 Å². The maximum absolute atomic E-state index is 12.8. The van der Waals surface area contributed by atoms with E-state index in [1.807, 2.05) is 36.4 Å². The van der Waals surface area contributed by atoms with Crippen molar-refractivity contribution >= 4 is 38.6 Å². The maximum atomic E-state index is 12.8. The molecule has 0 bridgehead atoms. The predicted octanol–water partition coefficient (Wildman–Crippen LogP) is 2.80. The van der Waals surface area contributed by atoms with Crippen molar-refractivity contribution in [3.05, 3.63) is 27.3 Å². The fourth-order valence-corrected chi connectivity index (χ4v) is 4.57. The lowest BCUT2D eigenvalue weighted by molar-refractivity contribution is 0.0695. The SMILES string of the molecule is CC(C)CN(C1CC1)S(=O)(=O)c1ccc(I)c(C(=O)O)c1. The van der Waals surface area contributed by atoms with Gasteiger partial charge in [0.25, 0.3) is 0 Å². The molecule has 0 amide bonds. The number of hydrogen-bond donors (Lipinski definition) is 1. The van der Waals surface area contributed by atoms with E-state index < -0.39 is 16.0 Å². The molecule has 1 aromatic rings. The van der Waals surface area contributed by atoms with Crippen LogP contribution < -0.4 is 0 Å². The summed E-state index contributed by atoms with van der Waals surface area (Å²) in [4.78, 5) is 11.2. The van der Waals surface area contributed by atoms with Gasteiger partial charge in [0.05, 0.1) is 10.5 Å². The first-order valence-electron chi connectivity index (χ1n) is 6.78. The van der Waals surface area contributed by atoms with Gasteiger partial charge in [-0.1, -0.05) is 13.8 Å². The highest BCUT2D eigenvalue weighted by Crippen LogP contribution is 2.33. The Kier molecular flexibility index (Phi) is 4.94. The Morgan fingerprint density at radius 3 is 2.52 bits per heavy atom. The molecule has 5 nitrogen and oxygen atoms in total. The Hall–Kier alpha value is -0.670. The second kappa shape index (κ2) is 6.21. The number of halogens is 1. The largest absolute Gasteiger partial charge is 0.478 e. The van der Waals surface area contributed by atoms with Crippen LogP contribution >= 0.6 is 22.6 Å². The van der Waals surface area contributed by atoms with Crippen LogP contribution in [0.15, 0.2) is 23.1 Å². The number of sulfonamides is 1. The first-order valence-corrected chi connectivity index (χ1v) is 9.30. The Balaban J connectivity index is 2.42. The summed E-state index contributed by atoms with van der Waals surface area (Å²) in [6.07, 6.45) is 1.75. The quantitative estimate of drug-likeness (QED) is 0.715. The van der Waals surface area contributed by atoms with E-state index in [1.165, 1.54) is 22.5 Å². The monoisotopic (exact) mass is 423 g/mol. The van der Waals surface area contributed by atoms with E-state index in [1.54, 1.807) is 0 Å². The summed E-state index contributed by atoms with van der Waals surface area (Å²) in [5, 5.41) is 9.15. The van der Waals surface area contributed by atoms with Crippen LogP contribution in [0.4, 0.5) is 0 Å². The molecule has 0 atom stereocenters. The normalized spacial score (nSPS) is 15.7.